The molecule has 2 aromatic rings. The lowest BCUT2D eigenvalue weighted by Gasteiger charge is -2.05. The third-order valence-electron chi connectivity index (χ3n) is 2.13. The molecule has 0 aliphatic carbocycles. The molecule has 0 unspecified atom stereocenters. The highest BCUT2D eigenvalue weighted by Crippen LogP contribution is 2.22. The number of aromatic nitrogens is 2. The van der Waals surface area contributed by atoms with Crippen LogP contribution in [0.5, 0.6) is 0 Å². The molecule has 0 saturated carbocycles. The van der Waals surface area contributed by atoms with Crippen molar-refractivity contribution in [1.29, 1.82) is 0 Å². The number of nitrogens with two attached hydrogens (primary N) is 1. The van der Waals surface area contributed by atoms with Crippen LogP contribution in [0.3, 0.4) is 0 Å². The van der Waals surface area contributed by atoms with Crippen LogP contribution in [0.15, 0.2) is 34.9 Å². The fourth-order valence-electron chi connectivity index (χ4n) is 1.36. The van der Waals surface area contributed by atoms with Gasteiger partial charge >= 0.3 is 0 Å². The van der Waals surface area contributed by atoms with Gasteiger partial charge in [0.15, 0.2) is 5.15 Å². The highest BCUT2D eigenvalue weighted by molar-refractivity contribution is 9.10. The van der Waals surface area contributed by atoms with Crippen LogP contribution in [0.4, 0.5) is 5.82 Å². The zero-order valence-corrected chi connectivity index (χ0v) is 10.7. The summed E-state index contributed by atoms with van der Waals surface area (Å²) >= 11 is 9.02. The number of anilines is 1. The maximum Gasteiger partial charge on any atom is 0.164 e. The Morgan fingerprint density at radius 3 is 2.56 bits per heavy atom. The zero-order chi connectivity index (χ0) is 11.5. The molecule has 0 atom stereocenters. The molecule has 1 aromatic carbocycles. The number of benzene rings is 1. The number of nitrogens with zero attached hydrogens (tertiary/aromatic N) is 2. The van der Waals surface area contributed by atoms with Gasteiger partial charge in [-0.15, -0.1) is 0 Å². The highest BCUT2D eigenvalue weighted by atomic mass is 79.9. The van der Waals surface area contributed by atoms with Gasteiger partial charge < -0.3 is 5.73 Å². The molecule has 0 aliphatic heterocycles. The molecule has 0 spiro atoms. The van der Waals surface area contributed by atoms with Crippen molar-refractivity contribution >= 4 is 33.3 Å². The topological polar surface area (TPSA) is 51.8 Å². The largest absolute Gasteiger partial charge is 0.382 e. The normalized spacial score (nSPS) is 10.4. The Morgan fingerprint density at radius 2 is 1.88 bits per heavy atom. The van der Waals surface area contributed by atoms with E-state index in [0.29, 0.717) is 16.8 Å². The number of hydrogen-bond acceptors (Lipinski definition) is 3. The lowest BCUT2D eigenvalue weighted by atomic mass is 10.1. The van der Waals surface area contributed by atoms with Crippen LogP contribution in [0.1, 0.15) is 11.3 Å². The van der Waals surface area contributed by atoms with E-state index >= 15 is 0 Å². The van der Waals surface area contributed by atoms with Crippen LogP contribution in [-0.4, -0.2) is 9.97 Å². The van der Waals surface area contributed by atoms with Gasteiger partial charge in [-0.25, -0.2) is 9.97 Å². The molecule has 1 heterocycles. The van der Waals surface area contributed by atoms with Crippen LogP contribution < -0.4 is 5.73 Å². The van der Waals surface area contributed by atoms with Gasteiger partial charge in [-0.1, -0.05) is 41.9 Å². The predicted molar refractivity (Wildman–Crippen MR) is 68.4 cm³/mol. The van der Waals surface area contributed by atoms with Gasteiger partial charge in [0.05, 0.1) is 5.69 Å². The van der Waals surface area contributed by atoms with Crippen LogP contribution in [-0.2, 0) is 6.42 Å². The first-order valence-electron chi connectivity index (χ1n) is 4.68. The van der Waals surface area contributed by atoms with Crippen molar-refractivity contribution in [3.63, 3.8) is 0 Å². The fourth-order valence-corrected chi connectivity index (χ4v) is 1.79. The minimum absolute atomic E-state index is 0.286. The maximum absolute atomic E-state index is 5.79. The number of nitrogen functional groups attached to an aromatic ring is 1. The molecule has 16 heavy (non-hydrogen) atoms. The minimum Gasteiger partial charge on any atom is -0.382 e. The molecule has 0 saturated heterocycles. The average molecular weight is 299 g/mol. The molecule has 82 valence electrons. The van der Waals surface area contributed by atoms with Gasteiger partial charge in [-0.3, -0.25) is 0 Å². The van der Waals surface area contributed by atoms with E-state index in [1.165, 1.54) is 0 Å². The van der Waals surface area contributed by atoms with Gasteiger partial charge in [0.1, 0.15) is 10.4 Å². The molecule has 0 radical (unpaired) electrons. The summed E-state index contributed by atoms with van der Waals surface area (Å²) < 4.78 is 0.522. The average Bonchev–Trinajstić information content (AvgIpc) is 2.27. The van der Waals surface area contributed by atoms with Crippen LogP contribution in [0, 0.1) is 0 Å². The SMILES string of the molecule is Nc1nc(Cl)c(Br)nc1Cc1ccccc1. The zero-order valence-electron chi connectivity index (χ0n) is 8.32. The van der Waals surface area contributed by atoms with E-state index in [1.807, 2.05) is 30.3 Å². The standard InChI is InChI=1S/C11H9BrClN3/c12-9-10(13)16-11(14)8(15-9)6-7-4-2-1-3-5-7/h1-5H,6H2,(H2,14,16). The number of halogens is 2. The van der Waals surface area contributed by atoms with E-state index in [2.05, 4.69) is 25.9 Å². The lowest BCUT2D eigenvalue weighted by molar-refractivity contribution is 1.02. The molecule has 1 aromatic heterocycles. The summed E-state index contributed by atoms with van der Waals surface area (Å²) in [5.41, 5.74) is 7.62. The van der Waals surface area contributed by atoms with Gasteiger partial charge in [0.2, 0.25) is 0 Å². The molecule has 0 bridgehead atoms. The quantitative estimate of drug-likeness (QED) is 0.927. The highest BCUT2D eigenvalue weighted by Gasteiger charge is 2.08. The summed E-state index contributed by atoms with van der Waals surface area (Å²) in [5.74, 6) is 0.372. The van der Waals surface area contributed by atoms with E-state index in [0.717, 1.165) is 11.3 Å². The van der Waals surface area contributed by atoms with Crippen molar-refractivity contribution in [2.45, 2.75) is 6.42 Å². The third-order valence-corrected chi connectivity index (χ3v) is 3.18. The summed E-state index contributed by atoms with van der Waals surface area (Å²) in [5, 5.41) is 0.286. The fraction of sp³-hybridized carbons (Fsp3) is 0.0909. The van der Waals surface area contributed by atoms with Crippen LogP contribution in [0.2, 0.25) is 5.15 Å². The summed E-state index contributed by atoms with van der Waals surface area (Å²) in [6, 6.07) is 9.96. The second-order valence-electron chi connectivity index (χ2n) is 3.30. The molecule has 0 aliphatic rings. The second-order valence-corrected chi connectivity index (χ2v) is 4.41. The Bertz CT molecular complexity index is 502. The van der Waals surface area contributed by atoms with Crippen LogP contribution >= 0.6 is 27.5 Å². The number of rotatable bonds is 2. The van der Waals surface area contributed by atoms with Crippen molar-refractivity contribution in [1.82, 2.24) is 9.97 Å². The molecular weight excluding hydrogens is 289 g/mol. The first-order chi connectivity index (χ1) is 7.66. The minimum atomic E-state index is 0.286. The summed E-state index contributed by atoms with van der Waals surface area (Å²) in [6.45, 7) is 0. The Morgan fingerprint density at radius 1 is 1.19 bits per heavy atom. The summed E-state index contributed by atoms with van der Waals surface area (Å²) in [6.07, 6.45) is 0.648. The first kappa shape index (κ1) is 11.4. The van der Waals surface area contributed by atoms with E-state index in [4.69, 9.17) is 17.3 Å². The van der Waals surface area contributed by atoms with Crippen molar-refractivity contribution in [2.24, 2.45) is 0 Å². The smallest absolute Gasteiger partial charge is 0.164 e. The van der Waals surface area contributed by atoms with Crippen molar-refractivity contribution < 1.29 is 0 Å². The Kier molecular flexibility index (Phi) is 3.41. The monoisotopic (exact) mass is 297 g/mol. The number of hydrogen-bond donors (Lipinski definition) is 1. The van der Waals surface area contributed by atoms with Crippen molar-refractivity contribution in [2.75, 3.05) is 5.73 Å². The third kappa shape index (κ3) is 2.51. The van der Waals surface area contributed by atoms with Crippen LogP contribution in [0.25, 0.3) is 0 Å². The molecule has 2 rings (SSSR count). The first-order valence-corrected chi connectivity index (χ1v) is 5.85. The van der Waals surface area contributed by atoms with Crippen molar-refractivity contribution in [3.8, 4) is 0 Å². The predicted octanol–water partition coefficient (Wildman–Crippen LogP) is 3.07. The molecule has 2 N–H and O–H groups in total. The molecule has 5 heteroatoms. The van der Waals surface area contributed by atoms with Gasteiger partial charge in [-0.2, -0.15) is 0 Å². The van der Waals surface area contributed by atoms with Gasteiger partial charge in [-0.05, 0) is 21.5 Å². The molecule has 0 amide bonds. The molecule has 3 nitrogen and oxygen atoms in total. The maximum atomic E-state index is 5.79. The van der Waals surface area contributed by atoms with E-state index in [-0.39, 0.29) is 5.15 Å². The Labute approximate surface area is 107 Å². The molecular formula is C11H9BrClN3. The summed E-state index contributed by atoms with van der Waals surface area (Å²) in [7, 11) is 0. The van der Waals surface area contributed by atoms with Gasteiger partial charge in [0.25, 0.3) is 0 Å². The Balaban J connectivity index is 2.32. The van der Waals surface area contributed by atoms with Gasteiger partial charge in [0, 0.05) is 6.42 Å². The Hall–Kier alpha value is -1.13. The van der Waals surface area contributed by atoms with Crippen molar-refractivity contribution in [3.05, 3.63) is 51.3 Å². The van der Waals surface area contributed by atoms with E-state index in [9.17, 15) is 0 Å². The molecule has 0 fully saturated rings. The van der Waals surface area contributed by atoms with E-state index in [1.54, 1.807) is 0 Å². The lowest BCUT2D eigenvalue weighted by Crippen LogP contribution is -2.03. The second kappa shape index (κ2) is 4.80. The van der Waals surface area contributed by atoms with E-state index < -0.39 is 0 Å². The summed E-state index contributed by atoms with van der Waals surface area (Å²) in [4.78, 5) is 8.27.